The second-order valence-corrected chi connectivity index (χ2v) is 4.89. The van der Waals surface area contributed by atoms with E-state index in [9.17, 15) is 4.79 Å². The highest BCUT2D eigenvalue weighted by Gasteiger charge is 2.19. The zero-order chi connectivity index (χ0) is 14.3. The van der Waals surface area contributed by atoms with Gasteiger partial charge in [-0.1, -0.05) is 18.2 Å². The monoisotopic (exact) mass is 268 g/mol. The molecular formula is C17H16O3. The van der Waals surface area contributed by atoms with Gasteiger partial charge in [0.25, 0.3) is 0 Å². The van der Waals surface area contributed by atoms with Gasteiger partial charge in [0.15, 0.2) is 0 Å². The van der Waals surface area contributed by atoms with Crippen molar-refractivity contribution in [3.8, 4) is 0 Å². The minimum absolute atomic E-state index is 0.269. The summed E-state index contributed by atoms with van der Waals surface area (Å²) in [6, 6.07) is 9.78. The highest BCUT2D eigenvalue weighted by atomic mass is 16.5. The van der Waals surface area contributed by atoms with Gasteiger partial charge in [-0.15, -0.1) is 0 Å². The van der Waals surface area contributed by atoms with Crippen LogP contribution in [-0.2, 0) is 4.74 Å². The van der Waals surface area contributed by atoms with Crippen LogP contribution in [0.1, 0.15) is 28.4 Å². The normalized spacial score (nSPS) is 11.2. The predicted octanol–water partition coefficient (Wildman–Crippen LogP) is 4.38. The lowest BCUT2D eigenvalue weighted by molar-refractivity contribution is 0.0525. The number of benzene rings is 2. The minimum Gasteiger partial charge on any atom is -0.462 e. The summed E-state index contributed by atoms with van der Waals surface area (Å²) < 4.78 is 11.0. The number of esters is 1. The van der Waals surface area contributed by atoms with Gasteiger partial charge < -0.3 is 9.15 Å². The number of carbonyl (C=O) groups is 1. The lowest BCUT2D eigenvalue weighted by Crippen LogP contribution is -2.09. The molecule has 3 aromatic rings. The predicted molar refractivity (Wildman–Crippen MR) is 79.2 cm³/mol. The standard InChI is InChI=1S/C17H16O3/c1-4-19-17(18)15-10(2)9-14-16(11(15)3)12-7-5-6-8-13(12)20-14/h5-9H,4H2,1-3H3. The molecule has 2 aromatic carbocycles. The molecule has 0 saturated carbocycles. The van der Waals surface area contributed by atoms with E-state index >= 15 is 0 Å². The topological polar surface area (TPSA) is 39.4 Å². The summed E-state index contributed by atoms with van der Waals surface area (Å²) in [4.78, 5) is 12.1. The zero-order valence-corrected chi connectivity index (χ0v) is 11.8. The zero-order valence-electron chi connectivity index (χ0n) is 11.8. The molecule has 3 heteroatoms. The first kappa shape index (κ1) is 12.7. The van der Waals surface area contributed by atoms with Gasteiger partial charge in [0.2, 0.25) is 0 Å². The van der Waals surface area contributed by atoms with E-state index in [2.05, 4.69) is 0 Å². The molecule has 0 aliphatic carbocycles. The van der Waals surface area contributed by atoms with E-state index in [-0.39, 0.29) is 5.97 Å². The number of ether oxygens (including phenoxy) is 1. The van der Waals surface area contributed by atoms with Crippen LogP contribution in [0.25, 0.3) is 21.9 Å². The number of furan rings is 1. The fourth-order valence-electron chi connectivity index (χ4n) is 2.76. The van der Waals surface area contributed by atoms with E-state index in [4.69, 9.17) is 9.15 Å². The Morgan fingerprint density at radius 1 is 1.20 bits per heavy atom. The van der Waals surface area contributed by atoms with E-state index in [1.165, 1.54) is 0 Å². The Balaban J connectivity index is 2.38. The van der Waals surface area contributed by atoms with Crippen LogP contribution >= 0.6 is 0 Å². The van der Waals surface area contributed by atoms with Crippen LogP contribution in [0.5, 0.6) is 0 Å². The first-order chi connectivity index (χ1) is 9.63. The van der Waals surface area contributed by atoms with E-state index in [1.54, 1.807) is 0 Å². The van der Waals surface area contributed by atoms with Gasteiger partial charge in [-0.25, -0.2) is 4.79 Å². The molecule has 0 saturated heterocycles. The molecule has 0 aliphatic heterocycles. The Kier molecular flexibility index (Phi) is 2.97. The Hall–Kier alpha value is -2.29. The number of hydrogen-bond donors (Lipinski definition) is 0. The molecule has 20 heavy (non-hydrogen) atoms. The third-order valence-corrected chi connectivity index (χ3v) is 3.59. The summed E-state index contributed by atoms with van der Waals surface area (Å²) in [7, 11) is 0. The van der Waals surface area contributed by atoms with Crippen molar-refractivity contribution in [2.24, 2.45) is 0 Å². The van der Waals surface area contributed by atoms with Gasteiger partial charge in [0.05, 0.1) is 12.2 Å². The summed E-state index contributed by atoms with van der Waals surface area (Å²) in [5.74, 6) is -0.269. The lowest BCUT2D eigenvalue weighted by atomic mass is 9.97. The third-order valence-electron chi connectivity index (χ3n) is 3.59. The van der Waals surface area contributed by atoms with E-state index < -0.39 is 0 Å². The van der Waals surface area contributed by atoms with Gasteiger partial charge in [-0.2, -0.15) is 0 Å². The van der Waals surface area contributed by atoms with Crippen molar-refractivity contribution < 1.29 is 13.9 Å². The maximum atomic E-state index is 12.1. The van der Waals surface area contributed by atoms with Crippen molar-refractivity contribution in [2.75, 3.05) is 6.61 Å². The minimum atomic E-state index is -0.269. The lowest BCUT2D eigenvalue weighted by Gasteiger charge is -2.09. The van der Waals surface area contributed by atoms with Crippen LogP contribution in [0, 0.1) is 13.8 Å². The molecule has 0 unspecified atom stereocenters. The van der Waals surface area contributed by atoms with E-state index in [0.717, 1.165) is 33.1 Å². The van der Waals surface area contributed by atoms with Gasteiger partial charge in [-0.05, 0) is 44.0 Å². The first-order valence-electron chi connectivity index (χ1n) is 6.72. The smallest absolute Gasteiger partial charge is 0.338 e. The van der Waals surface area contributed by atoms with Gasteiger partial charge in [0, 0.05) is 10.8 Å². The largest absolute Gasteiger partial charge is 0.462 e. The van der Waals surface area contributed by atoms with Crippen molar-refractivity contribution in [3.05, 3.63) is 47.0 Å². The van der Waals surface area contributed by atoms with E-state index in [0.29, 0.717) is 12.2 Å². The summed E-state index contributed by atoms with van der Waals surface area (Å²) in [5.41, 5.74) is 4.10. The molecule has 0 fully saturated rings. The molecule has 0 N–H and O–H groups in total. The first-order valence-corrected chi connectivity index (χ1v) is 6.72. The van der Waals surface area contributed by atoms with Crippen molar-refractivity contribution in [2.45, 2.75) is 20.8 Å². The third kappa shape index (κ3) is 1.78. The maximum absolute atomic E-state index is 12.1. The number of hydrogen-bond acceptors (Lipinski definition) is 3. The molecule has 3 nitrogen and oxygen atoms in total. The molecule has 102 valence electrons. The highest BCUT2D eigenvalue weighted by Crippen LogP contribution is 2.34. The van der Waals surface area contributed by atoms with Crippen molar-refractivity contribution >= 4 is 27.9 Å². The summed E-state index contributed by atoms with van der Waals surface area (Å²) in [6.07, 6.45) is 0. The average Bonchev–Trinajstić information content (AvgIpc) is 2.76. The van der Waals surface area contributed by atoms with E-state index in [1.807, 2.05) is 51.1 Å². The number of rotatable bonds is 2. The summed E-state index contributed by atoms with van der Waals surface area (Å²) in [6.45, 7) is 6.05. The molecule has 3 rings (SSSR count). The molecule has 0 bridgehead atoms. The van der Waals surface area contributed by atoms with Crippen LogP contribution in [-0.4, -0.2) is 12.6 Å². The summed E-state index contributed by atoms with van der Waals surface area (Å²) in [5, 5.41) is 2.03. The SMILES string of the molecule is CCOC(=O)c1c(C)cc2oc3ccccc3c2c1C. The Labute approximate surface area is 117 Å². The molecule has 0 aliphatic rings. The quantitative estimate of drug-likeness (QED) is 0.647. The van der Waals surface area contributed by atoms with Crippen molar-refractivity contribution in [1.29, 1.82) is 0 Å². The Morgan fingerprint density at radius 3 is 2.70 bits per heavy atom. The average molecular weight is 268 g/mol. The van der Waals surface area contributed by atoms with Crippen LogP contribution in [0.2, 0.25) is 0 Å². The Morgan fingerprint density at radius 2 is 1.95 bits per heavy atom. The number of para-hydroxylation sites is 1. The molecule has 1 heterocycles. The number of fused-ring (bicyclic) bond motifs is 3. The second-order valence-electron chi connectivity index (χ2n) is 4.89. The van der Waals surface area contributed by atoms with Crippen LogP contribution in [0.15, 0.2) is 34.7 Å². The van der Waals surface area contributed by atoms with Gasteiger partial charge >= 0.3 is 5.97 Å². The fourth-order valence-corrected chi connectivity index (χ4v) is 2.76. The molecule has 0 radical (unpaired) electrons. The molecular weight excluding hydrogens is 252 g/mol. The van der Waals surface area contributed by atoms with Crippen LogP contribution < -0.4 is 0 Å². The van der Waals surface area contributed by atoms with Crippen LogP contribution in [0.4, 0.5) is 0 Å². The van der Waals surface area contributed by atoms with Crippen LogP contribution in [0.3, 0.4) is 0 Å². The number of carbonyl (C=O) groups excluding carboxylic acids is 1. The number of aryl methyl sites for hydroxylation is 2. The highest BCUT2D eigenvalue weighted by molar-refractivity contribution is 6.10. The Bertz CT molecular complexity index is 812. The molecule has 1 aromatic heterocycles. The summed E-state index contributed by atoms with van der Waals surface area (Å²) >= 11 is 0. The molecule has 0 atom stereocenters. The van der Waals surface area contributed by atoms with Crippen molar-refractivity contribution in [1.82, 2.24) is 0 Å². The van der Waals surface area contributed by atoms with Crippen molar-refractivity contribution in [3.63, 3.8) is 0 Å². The fraction of sp³-hybridized carbons (Fsp3) is 0.235. The molecule has 0 spiro atoms. The second kappa shape index (κ2) is 4.67. The van der Waals surface area contributed by atoms with Gasteiger partial charge in [-0.3, -0.25) is 0 Å². The molecule has 0 amide bonds. The maximum Gasteiger partial charge on any atom is 0.338 e. The van der Waals surface area contributed by atoms with Gasteiger partial charge in [0.1, 0.15) is 11.2 Å².